The number of benzene rings is 1. The number of hydrogen-bond acceptors (Lipinski definition) is 4. The molecule has 0 aliphatic heterocycles. The normalized spacial score (nSPS) is 12.6. The summed E-state index contributed by atoms with van der Waals surface area (Å²) < 4.78 is 1.74. The minimum atomic E-state index is 0.359. The number of halogens is 1. The van der Waals surface area contributed by atoms with Crippen LogP contribution in [0, 0.1) is 0 Å². The SMILES string of the molecule is CCNC(CSc1ccccc1Cl)Cc1cn(C)nn1. The monoisotopic (exact) mass is 310 g/mol. The smallest absolute Gasteiger partial charge is 0.0842 e. The molecule has 0 bridgehead atoms. The molecule has 1 unspecified atom stereocenters. The Labute approximate surface area is 128 Å². The summed E-state index contributed by atoms with van der Waals surface area (Å²) in [6, 6.07) is 8.30. The molecule has 2 aromatic rings. The molecular weight excluding hydrogens is 292 g/mol. The van der Waals surface area contributed by atoms with Gasteiger partial charge in [-0.25, -0.2) is 0 Å². The molecule has 1 atom stereocenters. The average molecular weight is 311 g/mol. The van der Waals surface area contributed by atoms with Gasteiger partial charge in [-0.05, 0) is 18.7 Å². The van der Waals surface area contributed by atoms with E-state index in [4.69, 9.17) is 11.6 Å². The van der Waals surface area contributed by atoms with Crippen molar-refractivity contribution in [1.29, 1.82) is 0 Å². The summed E-state index contributed by atoms with van der Waals surface area (Å²) in [4.78, 5) is 1.12. The summed E-state index contributed by atoms with van der Waals surface area (Å²) in [5.41, 5.74) is 1.01. The standard InChI is InChI=1S/C14H19ClN4S/c1-3-16-12(8-11-9-19(2)18-17-11)10-20-14-7-5-4-6-13(14)15/h4-7,9,12,16H,3,8,10H2,1-2H3. The van der Waals surface area contributed by atoms with Crippen molar-refractivity contribution in [2.75, 3.05) is 12.3 Å². The number of hydrogen-bond donors (Lipinski definition) is 1. The second kappa shape index (κ2) is 7.67. The summed E-state index contributed by atoms with van der Waals surface area (Å²) in [7, 11) is 1.89. The molecule has 108 valence electrons. The molecule has 0 aliphatic rings. The molecule has 0 saturated carbocycles. The van der Waals surface area contributed by atoms with Crippen molar-refractivity contribution < 1.29 is 0 Å². The lowest BCUT2D eigenvalue weighted by atomic mass is 10.2. The van der Waals surface area contributed by atoms with E-state index in [2.05, 4.69) is 28.6 Å². The summed E-state index contributed by atoms with van der Waals surface area (Å²) in [6.45, 7) is 3.05. The van der Waals surface area contributed by atoms with Gasteiger partial charge in [-0.2, -0.15) is 0 Å². The van der Waals surface area contributed by atoms with Crippen LogP contribution in [-0.4, -0.2) is 33.3 Å². The van der Waals surface area contributed by atoms with Crippen LogP contribution in [0.1, 0.15) is 12.6 Å². The third kappa shape index (κ3) is 4.51. The molecule has 0 fully saturated rings. The van der Waals surface area contributed by atoms with Gasteiger partial charge in [-0.1, -0.05) is 35.9 Å². The van der Waals surface area contributed by atoms with Crippen molar-refractivity contribution in [3.05, 3.63) is 41.2 Å². The average Bonchev–Trinajstić information content (AvgIpc) is 2.83. The molecule has 20 heavy (non-hydrogen) atoms. The maximum atomic E-state index is 6.18. The zero-order valence-corrected chi connectivity index (χ0v) is 13.3. The Morgan fingerprint density at radius 2 is 2.20 bits per heavy atom. The first-order chi connectivity index (χ1) is 9.69. The van der Waals surface area contributed by atoms with Crippen molar-refractivity contribution in [3.63, 3.8) is 0 Å². The fourth-order valence-electron chi connectivity index (χ4n) is 1.97. The highest BCUT2D eigenvalue weighted by Crippen LogP contribution is 2.27. The van der Waals surface area contributed by atoms with E-state index in [-0.39, 0.29) is 0 Å². The minimum absolute atomic E-state index is 0.359. The number of aromatic nitrogens is 3. The lowest BCUT2D eigenvalue weighted by Gasteiger charge is -2.16. The number of rotatable bonds is 7. The van der Waals surface area contributed by atoms with Gasteiger partial charge < -0.3 is 5.32 Å². The molecule has 0 amide bonds. The number of nitrogens with zero attached hydrogens (tertiary/aromatic N) is 3. The van der Waals surface area contributed by atoms with E-state index in [1.165, 1.54) is 0 Å². The van der Waals surface area contributed by atoms with Crippen molar-refractivity contribution >= 4 is 23.4 Å². The predicted molar refractivity (Wildman–Crippen MR) is 84.3 cm³/mol. The summed E-state index contributed by atoms with van der Waals surface area (Å²) in [6.07, 6.45) is 2.84. The van der Waals surface area contributed by atoms with Gasteiger partial charge >= 0.3 is 0 Å². The highest BCUT2D eigenvalue weighted by Gasteiger charge is 2.12. The highest BCUT2D eigenvalue weighted by molar-refractivity contribution is 7.99. The molecule has 1 heterocycles. The van der Waals surface area contributed by atoms with Crippen molar-refractivity contribution in [3.8, 4) is 0 Å². The largest absolute Gasteiger partial charge is 0.313 e. The molecular formula is C14H19ClN4S. The van der Waals surface area contributed by atoms with Gasteiger partial charge in [0.1, 0.15) is 0 Å². The van der Waals surface area contributed by atoms with E-state index < -0.39 is 0 Å². The van der Waals surface area contributed by atoms with Crippen LogP contribution < -0.4 is 5.32 Å². The number of nitrogens with one attached hydrogen (secondary N) is 1. The number of likely N-dealkylation sites (N-methyl/N-ethyl adjacent to an activating group) is 1. The minimum Gasteiger partial charge on any atom is -0.313 e. The second-order valence-electron chi connectivity index (χ2n) is 4.58. The molecule has 1 aromatic heterocycles. The highest BCUT2D eigenvalue weighted by atomic mass is 35.5. The Morgan fingerprint density at radius 1 is 1.40 bits per heavy atom. The maximum absolute atomic E-state index is 6.18. The predicted octanol–water partition coefficient (Wildman–Crippen LogP) is 2.78. The molecule has 2 rings (SSSR count). The van der Waals surface area contributed by atoms with Crippen LogP contribution in [-0.2, 0) is 13.5 Å². The molecule has 0 spiro atoms. The molecule has 1 aromatic carbocycles. The van der Waals surface area contributed by atoms with E-state index >= 15 is 0 Å². The van der Waals surface area contributed by atoms with Crippen molar-refractivity contribution in [2.45, 2.75) is 24.3 Å². The van der Waals surface area contributed by atoms with Gasteiger partial charge in [0, 0.05) is 36.4 Å². The molecule has 0 aliphatic carbocycles. The fourth-order valence-corrected chi connectivity index (χ4v) is 3.27. The van der Waals surface area contributed by atoms with Gasteiger partial charge in [-0.3, -0.25) is 4.68 Å². The maximum Gasteiger partial charge on any atom is 0.0842 e. The van der Waals surface area contributed by atoms with Gasteiger partial charge in [0.2, 0.25) is 0 Å². The Hall–Kier alpha value is -1.04. The first kappa shape index (κ1) is 15.4. The molecule has 1 N–H and O–H groups in total. The summed E-state index contributed by atoms with van der Waals surface area (Å²) >= 11 is 7.95. The Balaban J connectivity index is 1.94. The molecule has 0 radical (unpaired) electrons. The van der Waals surface area contributed by atoms with Gasteiger partial charge in [0.15, 0.2) is 0 Å². The quantitative estimate of drug-likeness (QED) is 0.799. The third-order valence-electron chi connectivity index (χ3n) is 2.88. The van der Waals surface area contributed by atoms with E-state index in [9.17, 15) is 0 Å². The lowest BCUT2D eigenvalue weighted by molar-refractivity contribution is 0.566. The van der Waals surface area contributed by atoms with Crippen LogP contribution in [0.3, 0.4) is 0 Å². The molecule has 4 nitrogen and oxygen atoms in total. The van der Waals surface area contributed by atoms with Gasteiger partial charge in [0.25, 0.3) is 0 Å². The first-order valence-corrected chi connectivity index (χ1v) is 8.01. The lowest BCUT2D eigenvalue weighted by Crippen LogP contribution is -2.33. The third-order valence-corrected chi connectivity index (χ3v) is 4.55. The zero-order chi connectivity index (χ0) is 14.4. The topological polar surface area (TPSA) is 42.7 Å². The van der Waals surface area contributed by atoms with Crippen LogP contribution in [0.2, 0.25) is 5.02 Å². The summed E-state index contributed by atoms with van der Waals surface area (Å²) in [5, 5.41) is 12.4. The van der Waals surface area contributed by atoms with E-state index in [1.54, 1.807) is 16.4 Å². The van der Waals surface area contributed by atoms with Crippen LogP contribution in [0.5, 0.6) is 0 Å². The number of aryl methyl sites for hydroxylation is 1. The first-order valence-electron chi connectivity index (χ1n) is 6.65. The van der Waals surface area contributed by atoms with Crippen molar-refractivity contribution in [2.24, 2.45) is 7.05 Å². The van der Waals surface area contributed by atoms with Crippen LogP contribution in [0.15, 0.2) is 35.4 Å². The summed E-state index contributed by atoms with van der Waals surface area (Å²) in [5.74, 6) is 0.953. The van der Waals surface area contributed by atoms with Crippen LogP contribution in [0.4, 0.5) is 0 Å². The zero-order valence-electron chi connectivity index (χ0n) is 11.7. The molecule has 6 heteroatoms. The van der Waals surface area contributed by atoms with Crippen molar-refractivity contribution in [1.82, 2.24) is 20.3 Å². The second-order valence-corrected chi connectivity index (χ2v) is 6.05. The van der Waals surface area contributed by atoms with Gasteiger partial charge in [-0.15, -0.1) is 16.9 Å². The molecule has 0 saturated heterocycles. The Kier molecular flexibility index (Phi) is 5.88. The van der Waals surface area contributed by atoms with E-state index in [0.29, 0.717) is 6.04 Å². The fraction of sp³-hybridized carbons (Fsp3) is 0.429. The van der Waals surface area contributed by atoms with Crippen LogP contribution in [0.25, 0.3) is 0 Å². The van der Waals surface area contributed by atoms with E-state index in [0.717, 1.165) is 34.3 Å². The van der Waals surface area contributed by atoms with E-state index in [1.807, 2.05) is 31.4 Å². The Morgan fingerprint density at radius 3 is 2.85 bits per heavy atom. The van der Waals surface area contributed by atoms with Crippen LogP contribution >= 0.6 is 23.4 Å². The number of thioether (sulfide) groups is 1. The van der Waals surface area contributed by atoms with Gasteiger partial charge in [0.05, 0.1) is 10.7 Å². The Bertz CT molecular complexity index is 543.